The molecular formula is C12H10Br2. The van der Waals surface area contributed by atoms with Crippen LogP contribution in [0.3, 0.4) is 0 Å². The van der Waals surface area contributed by atoms with Crippen molar-refractivity contribution in [3.8, 4) is 0 Å². The van der Waals surface area contributed by atoms with E-state index in [4.69, 9.17) is 0 Å². The standard InChI is InChI=1S/C12H10Br2/c13-11-6-7-5-10(12(11)14)9-4-2-1-3-8(7)9/h1-4,6-7,10,12H,5H2/t7-,10+,12-/m1/s1. The van der Waals surface area contributed by atoms with Crippen molar-refractivity contribution in [2.45, 2.75) is 23.1 Å². The molecule has 14 heavy (non-hydrogen) atoms. The molecule has 0 N–H and O–H groups in total. The summed E-state index contributed by atoms with van der Waals surface area (Å²) in [7, 11) is 0. The molecule has 0 spiro atoms. The zero-order chi connectivity index (χ0) is 9.71. The van der Waals surface area contributed by atoms with E-state index in [9.17, 15) is 0 Å². The predicted molar refractivity (Wildman–Crippen MR) is 66.3 cm³/mol. The monoisotopic (exact) mass is 312 g/mol. The van der Waals surface area contributed by atoms with Crippen LogP contribution in [0.4, 0.5) is 0 Å². The summed E-state index contributed by atoms with van der Waals surface area (Å²) in [5, 5.41) is 0. The first-order chi connectivity index (χ1) is 6.77. The van der Waals surface area contributed by atoms with E-state index in [1.54, 1.807) is 0 Å². The number of alkyl halides is 1. The highest BCUT2D eigenvalue weighted by Crippen LogP contribution is 2.52. The Bertz CT molecular complexity index is 409. The van der Waals surface area contributed by atoms with Crippen LogP contribution in [0.1, 0.15) is 29.4 Å². The molecule has 0 aromatic heterocycles. The third-order valence-electron chi connectivity index (χ3n) is 3.28. The quantitative estimate of drug-likeness (QED) is 0.626. The van der Waals surface area contributed by atoms with Gasteiger partial charge in [0, 0.05) is 16.3 Å². The van der Waals surface area contributed by atoms with Crippen molar-refractivity contribution < 1.29 is 0 Å². The SMILES string of the molecule is BrC1=C[C@H]2C[C@@H](c3ccccc32)[C@H]1Br. The summed E-state index contributed by atoms with van der Waals surface area (Å²) >= 11 is 7.41. The minimum absolute atomic E-state index is 0.474. The van der Waals surface area contributed by atoms with E-state index < -0.39 is 0 Å². The van der Waals surface area contributed by atoms with Crippen LogP contribution >= 0.6 is 31.9 Å². The highest BCUT2D eigenvalue weighted by molar-refractivity contribution is 9.14. The van der Waals surface area contributed by atoms with Crippen molar-refractivity contribution in [3.05, 3.63) is 46.0 Å². The lowest BCUT2D eigenvalue weighted by atomic mass is 9.93. The van der Waals surface area contributed by atoms with Gasteiger partial charge in [-0.05, 0) is 17.5 Å². The number of rotatable bonds is 0. The second kappa shape index (κ2) is 3.21. The summed E-state index contributed by atoms with van der Waals surface area (Å²) < 4.78 is 1.31. The zero-order valence-corrected chi connectivity index (χ0v) is 10.8. The number of hydrogen-bond donors (Lipinski definition) is 0. The highest BCUT2D eigenvalue weighted by atomic mass is 79.9. The van der Waals surface area contributed by atoms with E-state index in [0.717, 1.165) is 0 Å². The van der Waals surface area contributed by atoms with Gasteiger partial charge in [-0.2, -0.15) is 0 Å². The van der Waals surface area contributed by atoms with Gasteiger partial charge in [0.05, 0.1) is 4.83 Å². The summed E-state index contributed by atoms with van der Waals surface area (Å²) in [6, 6.07) is 8.83. The van der Waals surface area contributed by atoms with Crippen LogP contribution in [0.15, 0.2) is 34.8 Å². The molecule has 2 aliphatic rings. The lowest BCUT2D eigenvalue weighted by molar-refractivity contribution is 0.638. The molecule has 0 aliphatic heterocycles. The molecule has 2 heteroatoms. The average Bonchev–Trinajstić information content (AvgIpc) is 2.52. The van der Waals surface area contributed by atoms with Crippen LogP contribution in [0.25, 0.3) is 0 Å². The number of hydrogen-bond acceptors (Lipinski definition) is 0. The number of allylic oxidation sites excluding steroid dienone is 2. The van der Waals surface area contributed by atoms with Gasteiger partial charge in [0.15, 0.2) is 0 Å². The number of halogens is 2. The van der Waals surface area contributed by atoms with E-state index in [-0.39, 0.29) is 0 Å². The Morgan fingerprint density at radius 1 is 1.14 bits per heavy atom. The third kappa shape index (κ3) is 1.17. The van der Waals surface area contributed by atoms with Crippen LogP contribution in [0.2, 0.25) is 0 Å². The van der Waals surface area contributed by atoms with Gasteiger partial charge in [-0.1, -0.05) is 62.2 Å². The lowest BCUT2D eigenvalue weighted by Gasteiger charge is -2.22. The minimum Gasteiger partial charge on any atom is -0.0826 e. The maximum absolute atomic E-state index is 3.76. The van der Waals surface area contributed by atoms with Crippen LogP contribution in [-0.2, 0) is 0 Å². The molecule has 3 atom stereocenters. The van der Waals surface area contributed by atoms with Crippen molar-refractivity contribution in [1.29, 1.82) is 0 Å². The Kier molecular flexibility index (Phi) is 2.10. The molecule has 1 aromatic rings. The molecule has 1 aromatic carbocycles. The Labute approximate surface area is 101 Å². The molecule has 0 unspecified atom stereocenters. The first-order valence-corrected chi connectivity index (χ1v) is 6.58. The molecule has 3 rings (SSSR count). The summed E-state index contributed by atoms with van der Waals surface area (Å²) in [6.07, 6.45) is 3.62. The van der Waals surface area contributed by atoms with Gasteiger partial charge >= 0.3 is 0 Å². The van der Waals surface area contributed by atoms with Crippen LogP contribution in [0, 0.1) is 0 Å². The van der Waals surface area contributed by atoms with E-state index in [1.807, 2.05) is 0 Å². The highest BCUT2D eigenvalue weighted by Gasteiger charge is 2.38. The molecule has 0 saturated carbocycles. The average molecular weight is 314 g/mol. The van der Waals surface area contributed by atoms with E-state index in [2.05, 4.69) is 62.2 Å². The summed E-state index contributed by atoms with van der Waals surface area (Å²) in [4.78, 5) is 0.474. The Morgan fingerprint density at radius 3 is 2.64 bits per heavy atom. The molecule has 0 amide bonds. The largest absolute Gasteiger partial charge is 0.0826 e. The molecule has 2 bridgehead atoms. The molecule has 0 fully saturated rings. The zero-order valence-electron chi connectivity index (χ0n) is 7.58. The summed E-state index contributed by atoms with van der Waals surface area (Å²) in [6.45, 7) is 0. The molecule has 2 aliphatic carbocycles. The van der Waals surface area contributed by atoms with Crippen molar-refractivity contribution in [1.82, 2.24) is 0 Å². The Morgan fingerprint density at radius 2 is 1.86 bits per heavy atom. The van der Waals surface area contributed by atoms with Gasteiger partial charge in [0.2, 0.25) is 0 Å². The second-order valence-electron chi connectivity index (χ2n) is 4.03. The van der Waals surface area contributed by atoms with Gasteiger partial charge in [0.25, 0.3) is 0 Å². The Balaban J connectivity index is 2.18. The molecule has 0 saturated heterocycles. The third-order valence-corrected chi connectivity index (χ3v) is 5.78. The van der Waals surface area contributed by atoms with Gasteiger partial charge in [-0.25, -0.2) is 0 Å². The minimum atomic E-state index is 0.474. The molecule has 0 radical (unpaired) electrons. The summed E-state index contributed by atoms with van der Waals surface area (Å²) in [5.41, 5.74) is 3.06. The first-order valence-electron chi connectivity index (χ1n) is 4.87. The van der Waals surface area contributed by atoms with Gasteiger partial charge in [0.1, 0.15) is 0 Å². The first kappa shape index (κ1) is 9.17. The molecular weight excluding hydrogens is 304 g/mol. The van der Waals surface area contributed by atoms with Gasteiger partial charge in [-0.3, -0.25) is 0 Å². The normalized spacial score (nSPS) is 33.9. The Hall–Kier alpha value is -0.0800. The van der Waals surface area contributed by atoms with E-state index in [0.29, 0.717) is 16.7 Å². The van der Waals surface area contributed by atoms with Crippen molar-refractivity contribution >= 4 is 31.9 Å². The van der Waals surface area contributed by atoms with E-state index >= 15 is 0 Å². The van der Waals surface area contributed by atoms with Crippen molar-refractivity contribution in [2.24, 2.45) is 0 Å². The maximum atomic E-state index is 3.76. The van der Waals surface area contributed by atoms with Crippen LogP contribution in [-0.4, -0.2) is 4.83 Å². The van der Waals surface area contributed by atoms with Gasteiger partial charge < -0.3 is 0 Å². The molecule has 0 heterocycles. The topological polar surface area (TPSA) is 0 Å². The smallest absolute Gasteiger partial charge is 0.0527 e. The fourth-order valence-corrected chi connectivity index (χ4v) is 3.92. The van der Waals surface area contributed by atoms with E-state index in [1.165, 1.54) is 22.0 Å². The number of fused-ring (bicyclic) bond motifs is 5. The fraction of sp³-hybridized carbons (Fsp3) is 0.333. The van der Waals surface area contributed by atoms with Gasteiger partial charge in [-0.15, -0.1) is 0 Å². The van der Waals surface area contributed by atoms with Crippen molar-refractivity contribution in [3.63, 3.8) is 0 Å². The van der Waals surface area contributed by atoms with Crippen molar-refractivity contribution in [2.75, 3.05) is 0 Å². The molecule has 0 nitrogen and oxygen atoms in total. The maximum Gasteiger partial charge on any atom is 0.0527 e. The fourth-order valence-electron chi connectivity index (χ4n) is 2.63. The van der Waals surface area contributed by atoms with Crippen LogP contribution in [0.5, 0.6) is 0 Å². The predicted octanol–water partition coefficient (Wildman–Crippen LogP) is 4.31. The molecule has 72 valence electrons. The second-order valence-corrected chi connectivity index (χ2v) is 5.93. The number of benzene rings is 1. The van der Waals surface area contributed by atoms with Crippen LogP contribution < -0.4 is 0 Å². The summed E-state index contributed by atoms with van der Waals surface area (Å²) in [5.74, 6) is 1.30. The lowest BCUT2D eigenvalue weighted by Crippen LogP contribution is -2.13.